The summed E-state index contributed by atoms with van der Waals surface area (Å²) >= 11 is 0. The summed E-state index contributed by atoms with van der Waals surface area (Å²) in [4.78, 5) is 10.4. The highest BCUT2D eigenvalue weighted by molar-refractivity contribution is 5.64. The Morgan fingerprint density at radius 3 is 2.44 bits per heavy atom. The predicted octanol–water partition coefficient (Wildman–Crippen LogP) is 1.59. The van der Waals surface area contributed by atoms with E-state index in [0.29, 0.717) is 11.6 Å². The summed E-state index contributed by atoms with van der Waals surface area (Å²) in [5, 5.41) is 0. The molecule has 2 heterocycles. The van der Waals surface area contributed by atoms with Crippen LogP contribution in [-0.4, -0.2) is 17.1 Å². The van der Waals surface area contributed by atoms with Crippen LogP contribution in [0.15, 0.2) is 30.6 Å². The third kappa shape index (κ3) is 1.64. The summed E-state index contributed by atoms with van der Waals surface area (Å²) < 4.78 is 5.30. The molecule has 0 saturated heterocycles. The van der Waals surface area contributed by atoms with Gasteiger partial charge in [0.25, 0.3) is 0 Å². The molecule has 0 radical (unpaired) electrons. The molecule has 1 aliphatic rings. The number of nitrogen functional groups attached to an aromatic ring is 1. The molecule has 1 aromatic carbocycles. The van der Waals surface area contributed by atoms with Crippen LogP contribution in [0.25, 0.3) is 0 Å². The van der Waals surface area contributed by atoms with Gasteiger partial charge in [-0.2, -0.15) is 0 Å². The van der Waals surface area contributed by atoms with E-state index in [9.17, 15) is 0 Å². The summed E-state index contributed by atoms with van der Waals surface area (Å²) in [6.45, 7) is 1.64. The van der Waals surface area contributed by atoms with Crippen molar-refractivity contribution >= 4 is 11.6 Å². The highest BCUT2D eigenvalue weighted by Gasteiger charge is 2.23. The van der Waals surface area contributed by atoms with Crippen LogP contribution in [0.1, 0.15) is 11.1 Å². The van der Waals surface area contributed by atoms with Crippen molar-refractivity contribution in [1.82, 2.24) is 9.97 Å². The van der Waals surface area contributed by atoms with E-state index in [1.165, 1.54) is 17.5 Å². The second-order valence-corrected chi connectivity index (χ2v) is 4.24. The molecule has 0 atom stereocenters. The SMILES string of the molecule is COc1c(N)ncnc1N1Cc2ccccc2C1. The fourth-order valence-corrected chi connectivity index (χ4v) is 2.28. The molecule has 3 rings (SSSR count). The maximum absolute atomic E-state index is 5.80. The quantitative estimate of drug-likeness (QED) is 0.866. The lowest BCUT2D eigenvalue weighted by molar-refractivity contribution is 0.413. The predicted molar refractivity (Wildman–Crippen MR) is 69.3 cm³/mol. The molecule has 2 N–H and O–H groups in total. The van der Waals surface area contributed by atoms with Gasteiger partial charge in [0.2, 0.25) is 5.75 Å². The van der Waals surface area contributed by atoms with E-state index in [4.69, 9.17) is 10.5 Å². The van der Waals surface area contributed by atoms with Crippen LogP contribution in [0.5, 0.6) is 5.75 Å². The van der Waals surface area contributed by atoms with Gasteiger partial charge in [-0.3, -0.25) is 0 Å². The molecule has 2 aromatic rings. The lowest BCUT2D eigenvalue weighted by Gasteiger charge is -2.19. The highest BCUT2D eigenvalue weighted by atomic mass is 16.5. The number of benzene rings is 1. The van der Waals surface area contributed by atoms with Crippen molar-refractivity contribution in [1.29, 1.82) is 0 Å². The van der Waals surface area contributed by atoms with Gasteiger partial charge in [-0.15, -0.1) is 0 Å². The van der Waals surface area contributed by atoms with Gasteiger partial charge in [0.05, 0.1) is 7.11 Å². The van der Waals surface area contributed by atoms with E-state index < -0.39 is 0 Å². The maximum Gasteiger partial charge on any atom is 0.204 e. The Labute approximate surface area is 105 Å². The number of rotatable bonds is 2. The Morgan fingerprint density at radius 1 is 1.17 bits per heavy atom. The lowest BCUT2D eigenvalue weighted by Crippen LogP contribution is -2.18. The van der Waals surface area contributed by atoms with Gasteiger partial charge in [-0.1, -0.05) is 24.3 Å². The zero-order valence-corrected chi connectivity index (χ0v) is 10.1. The summed E-state index contributed by atoms with van der Waals surface area (Å²) in [6.07, 6.45) is 1.47. The number of aromatic nitrogens is 2. The second-order valence-electron chi connectivity index (χ2n) is 4.24. The molecule has 18 heavy (non-hydrogen) atoms. The van der Waals surface area contributed by atoms with Crippen molar-refractivity contribution in [2.45, 2.75) is 13.1 Å². The maximum atomic E-state index is 5.80. The lowest BCUT2D eigenvalue weighted by atomic mass is 10.1. The fraction of sp³-hybridized carbons (Fsp3) is 0.231. The Morgan fingerprint density at radius 2 is 1.83 bits per heavy atom. The Bertz CT molecular complexity index is 560. The van der Waals surface area contributed by atoms with E-state index in [0.717, 1.165) is 18.9 Å². The van der Waals surface area contributed by atoms with Gasteiger partial charge in [0, 0.05) is 13.1 Å². The second kappa shape index (κ2) is 4.18. The molecule has 0 spiro atoms. The monoisotopic (exact) mass is 242 g/mol. The summed E-state index contributed by atoms with van der Waals surface area (Å²) in [5.41, 5.74) is 8.43. The minimum absolute atomic E-state index is 0.374. The van der Waals surface area contributed by atoms with Gasteiger partial charge >= 0.3 is 0 Å². The van der Waals surface area contributed by atoms with E-state index in [2.05, 4.69) is 27.0 Å². The van der Waals surface area contributed by atoms with Gasteiger partial charge < -0.3 is 15.4 Å². The molecule has 1 aromatic heterocycles. The van der Waals surface area contributed by atoms with Crippen LogP contribution in [0.4, 0.5) is 11.6 Å². The van der Waals surface area contributed by atoms with E-state index >= 15 is 0 Å². The minimum Gasteiger partial charge on any atom is -0.490 e. The van der Waals surface area contributed by atoms with Gasteiger partial charge in [-0.05, 0) is 11.1 Å². The molecular weight excluding hydrogens is 228 g/mol. The molecule has 92 valence electrons. The van der Waals surface area contributed by atoms with Crippen molar-refractivity contribution in [3.05, 3.63) is 41.7 Å². The number of hydrogen-bond acceptors (Lipinski definition) is 5. The van der Waals surface area contributed by atoms with Crippen molar-refractivity contribution in [2.24, 2.45) is 0 Å². The smallest absolute Gasteiger partial charge is 0.204 e. The average molecular weight is 242 g/mol. The Kier molecular flexibility index (Phi) is 2.51. The topological polar surface area (TPSA) is 64.3 Å². The minimum atomic E-state index is 0.374. The molecule has 0 unspecified atom stereocenters. The largest absolute Gasteiger partial charge is 0.490 e. The Balaban J connectivity index is 1.97. The van der Waals surface area contributed by atoms with Crippen LogP contribution in [0.2, 0.25) is 0 Å². The normalized spacial score (nSPS) is 13.5. The van der Waals surface area contributed by atoms with Gasteiger partial charge in [0.15, 0.2) is 11.6 Å². The Hall–Kier alpha value is -2.30. The number of fused-ring (bicyclic) bond motifs is 1. The molecule has 5 heteroatoms. The van der Waals surface area contributed by atoms with Crippen molar-refractivity contribution in [3.63, 3.8) is 0 Å². The zero-order valence-electron chi connectivity index (χ0n) is 10.1. The van der Waals surface area contributed by atoms with Gasteiger partial charge in [-0.25, -0.2) is 9.97 Å². The molecule has 0 amide bonds. The number of nitrogens with two attached hydrogens (primary N) is 1. The summed E-state index contributed by atoms with van der Waals surface area (Å²) in [5.74, 6) is 1.67. The summed E-state index contributed by atoms with van der Waals surface area (Å²) in [7, 11) is 1.59. The molecular formula is C13H14N4O. The van der Waals surface area contributed by atoms with Crippen LogP contribution in [0.3, 0.4) is 0 Å². The van der Waals surface area contributed by atoms with E-state index in [1.807, 2.05) is 12.1 Å². The number of anilines is 2. The summed E-state index contributed by atoms with van der Waals surface area (Å²) in [6, 6.07) is 8.36. The number of nitrogens with zero attached hydrogens (tertiary/aromatic N) is 3. The number of methoxy groups -OCH3 is 1. The van der Waals surface area contributed by atoms with Crippen LogP contribution in [0, 0.1) is 0 Å². The van der Waals surface area contributed by atoms with Crippen molar-refractivity contribution in [3.8, 4) is 5.75 Å². The van der Waals surface area contributed by atoms with Gasteiger partial charge in [0.1, 0.15) is 6.33 Å². The zero-order chi connectivity index (χ0) is 12.5. The molecule has 0 fully saturated rings. The molecule has 0 saturated carbocycles. The van der Waals surface area contributed by atoms with Crippen molar-refractivity contribution < 1.29 is 4.74 Å². The third-order valence-electron chi connectivity index (χ3n) is 3.16. The van der Waals surface area contributed by atoms with Crippen LogP contribution in [-0.2, 0) is 13.1 Å². The average Bonchev–Trinajstić information content (AvgIpc) is 2.82. The third-order valence-corrected chi connectivity index (χ3v) is 3.16. The molecule has 0 aliphatic carbocycles. The first-order valence-electron chi connectivity index (χ1n) is 5.76. The van der Waals surface area contributed by atoms with E-state index in [1.54, 1.807) is 7.11 Å². The van der Waals surface area contributed by atoms with Crippen LogP contribution < -0.4 is 15.4 Å². The molecule has 0 bridgehead atoms. The fourth-order valence-electron chi connectivity index (χ4n) is 2.28. The van der Waals surface area contributed by atoms with E-state index in [-0.39, 0.29) is 0 Å². The first-order chi connectivity index (χ1) is 8.79. The molecule has 5 nitrogen and oxygen atoms in total. The molecule has 1 aliphatic heterocycles. The first kappa shape index (κ1) is 10.8. The number of hydrogen-bond donors (Lipinski definition) is 1. The van der Waals surface area contributed by atoms with Crippen LogP contribution >= 0.6 is 0 Å². The number of ether oxygens (including phenoxy) is 1. The highest BCUT2D eigenvalue weighted by Crippen LogP contribution is 2.35. The standard InChI is InChI=1S/C13H14N4O/c1-18-11-12(14)15-8-16-13(11)17-6-9-4-2-3-5-10(9)7-17/h2-5,8H,6-7H2,1H3,(H2,14,15,16). The first-order valence-corrected chi connectivity index (χ1v) is 5.76. The van der Waals surface area contributed by atoms with Crippen molar-refractivity contribution in [2.75, 3.05) is 17.7 Å².